The third-order valence-corrected chi connectivity index (χ3v) is 4.97. The lowest BCUT2D eigenvalue weighted by Crippen LogP contribution is -2.38. The Morgan fingerprint density at radius 2 is 1.78 bits per heavy atom. The molecular weight excluding hydrogens is 368 g/mol. The van der Waals surface area contributed by atoms with Crippen LogP contribution in [0.1, 0.15) is 17.3 Å². The Kier molecular flexibility index (Phi) is 7.06. The van der Waals surface area contributed by atoms with Crippen LogP contribution < -0.4 is 19.1 Å². The molecule has 0 unspecified atom stereocenters. The standard InChI is InChI=1S/C19H24N2O5S/c1-4-26-18-8-6-5-7-17(18)21(27(3,23)24)14-13-20-19(22)15-9-11-16(25-2)12-10-15/h5-12H,4,13-14H2,1-3H3,(H,20,22). The van der Waals surface area contributed by atoms with Crippen molar-refractivity contribution in [1.82, 2.24) is 5.32 Å². The van der Waals surface area contributed by atoms with Crippen LogP contribution >= 0.6 is 0 Å². The van der Waals surface area contributed by atoms with Crippen molar-refractivity contribution >= 4 is 21.6 Å². The number of hydrogen-bond acceptors (Lipinski definition) is 5. The maximum absolute atomic E-state index is 12.2. The van der Waals surface area contributed by atoms with Crippen molar-refractivity contribution in [1.29, 1.82) is 0 Å². The summed E-state index contributed by atoms with van der Waals surface area (Å²) in [5, 5.41) is 2.73. The Morgan fingerprint density at radius 1 is 1.11 bits per heavy atom. The monoisotopic (exact) mass is 392 g/mol. The van der Waals surface area contributed by atoms with Crippen LogP contribution in [0.25, 0.3) is 0 Å². The second-order valence-electron chi connectivity index (χ2n) is 5.72. The molecule has 146 valence electrons. The van der Waals surface area contributed by atoms with Crippen molar-refractivity contribution in [3.8, 4) is 11.5 Å². The smallest absolute Gasteiger partial charge is 0.251 e. The highest BCUT2D eigenvalue weighted by atomic mass is 32.2. The molecule has 0 bridgehead atoms. The van der Waals surface area contributed by atoms with Crippen LogP contribution in [0.5, 0.6) is 11.5 Å². The van der Waals surface area contributed by atoms with Crippen molar-refractivity contribution in [2.24, 2.45) is 0 Å². The zero-order valence-electron chi connectivity index (χ0n) is 15.6. The third-order valence-electron chi connectivity index (χ3n) is 3.79. The summed E-state index contributed by atoms with van der Waals surface area (Å²) in [6.07, 6.45) is 1.13. The number of ether oxygens (including phenoxy) is 2. The molecule has 1 N–H and O–H groups in total. The number of benzene rings is 2. The molecule has 0 radical (unpaired) electrons. The van der Waals surface area contributed by atoms with Gasteiger partial charge in [0.1, 0.15) is 11.5 Å². The van der Waals surface area contributed by atoms with Gasteiger partial charge in [0.15, 0.2) is 0 Å². The molecule has 0 aliphatic rings. The number of nitrogens with one attached hydrogen (secondary N) is 1. The van der Waals surface area contributed by atoms with E-state index in [1.54, 1.807) is 55.6 Å². The first-order chi connectivity index (χ1) is 12.9. The average molecular weight is 392 g/mol. The predicted molar refractivity (Wildman–Crippen MR) is 105 cm³/mol. The molecule has 2 aromatic rings. The molecule has 0 aliphatic heterocycles. The van der Waals surface area contributed by atoms with Gasteiger partial charge in [-0.25, -0.2) is 8.42 Å². The van der Waals surface area contributed by atoms with Gasteiger partial charge < -0.3 is 14.8 Å². The molecule has 0 saturated carbocycles. The largest absolute Gasteiger partial charge is 0.497 e. The topological polar surface area (TPSA) is 84.9 Å². The van der Waals surface area contributed by atoms with Crippen LogP contribution in [0.4, 0.5) is 5.69 Å². The van der Waals surface area contributed by atoms with Gasteiger partial charge in [0.25, 0.3) is 5.91 Å². The fraction of sp³-hybridized carbons (Fsp3) is 0.316. The number of nitrogens with zero attached hydrogens (tertiary/aromatic N) is 1. The van der Waals surface area contributed by atoms with Crippen LogP contribution in [-0.2, 0) is 10.0 Å². The number of rotatable bonds is 9. The number of sulfonamides is 1. The van der Waals surface area contributed by atoms with Crippen molar-refractivity contribution in [3.05, 3.63) is 54.1 Å². The van der Waals surface area contributed by atoms with E-state index in [4.69, 9.17) is 9.47 Å². The van der Waals surface area contributed by atoms with Gasteiger partial charge in [-0.2, -0.15) is 0 Å². The lowest BCUT2D eigenvalue weighted by atomic mass is 10.2. The van der Waals surface area contributed by atoms with E-state index < -0.39 is 10.0 Å². The molecule has 27 heavy (non-hydrogen) atoms. The van der Waals surface area contributed by atoms with Gasteiger partial charge in [-0.05, 0) is 43.3 Å². The van der Waals surface area contributed by atoms with E-state index in [1.807, 2.05) is 6.92 Å². The van der Waals surface area contributed by atoms with Crippen LogP contribution in [0.15, 0.2) is 48.5 Å². The van der Waals surface area contributed by atoms with Gasteiger partial charge in [0, 0.05) is 12.1 Å². The highest BCUT2D eigenvalue weighted by Crippen LogP contribution is 2.29. The molecule has 7 nitrogen and oxygen atoms in total. The maximum atomic E-state index is 12.2. The molecule has 0 atom stereocenters. The van der Waals surface area contributed by atoms with E-state index in [0.717, 1.165) is 6.26 Å². The highest BCUT2D eigenvalue weighted by molar-refractivity contribution is 7.92. The number of para-hydroxylation sites is 2. The first-order valence-corrected chi connectivity index (χ1v) is 10.3. The molecular formula is C19H24N2O5S. The molecule has 8 heteroatoms. The summed E-state index contributed by atoms with van der Waals surface area (Å²) in [5.74, 6) is 0.846. The van der Waals surface area contributed by atoms with Gasteiger partial charge in [-0.15, -0.1) is 0 Å². The molecule has 0 aromatic heterocycles. The first kappa shape index (κ1) is 20.6. The van der Waals surface area contributed by atoms with E-state index in [2.05, 4.69) is 5.32 Å². The Morgan fingerprint density at radius 3 is 2.37 bits per heavy atom. The normalized spacial score (nSPS) is 10.9. The minimum atomic E-state index is -3.54. The molecule has 0 saturated heterocycles. The van der Waals surface area contributed by atoms with Crippen LogP contribution in [0, 0.1) is 0 Å². The van der Waals surface area contributed by atoms with Crippen LogP contribution in [0.2, 0.25) is 0 Å². The Balaban J connectivity index is 2.08. The molecule has 0 aliphatic carbocycles. The summed E-state index contributed by atoms with van der Waals surface area (Å²) in [7, 11) is -1.99. The zero-order valence-corrected chi connectivity index (χ0v) is 16.5. The summed E-state index contributed by atoms with van der Waals surface area (Å²) >= 11 is 0. The van der Waals surface area contributed by atoms with Gasteiger partial charge in [0.05, 0.1) is 32.2 Å². The van der Waals surface area contributed by atoms with Crippen molar-refractivity contribution in [2.45, 2.75) is 6.92 Å². The van der Waals surface area contributed by atoms with Crippen molar-refractivity contribution < 1.29 is 22.7 Å². The van der Waals surface area contributed by atoms with E-state index in [-0.39, 0.29) is 19.0 Å². The maximum Gasteiger partial charge on any atom is 0.251 e. The summed E-state index contributed by atoms with van der Waals surface area (Å²) < 4.78 is 36.3. The second kappa shape index (κ2) is 9.27. The fourth-order valence-corrected chi connectivity index (χ4v) is 3.45. The van der Waals surface area contributed by atoms with Gasteiger partial charge in [-0.3, -0.25) is 9.10 Å². The fourth-order valence-electron chi connectivity index (χ4n) is 2.52. The number of carbonyl (C=O) groups excluding carboxylic acids is 1. The Hall–Kier alpha value is -2.74. The van der Waals surface area contributed by atoms with Crippen molar-refractivity contribution in [2.75, 3.05) is 37.4 Å². The Labute approximate surface area is 160 Å². The van der Waals surface area contributed by atoms with E-state index >= 15 is 0 Å². The molecule has 0 fully saturated rings. The number of amides is 1. The zero-order chi connectivity index (χ0) is 19.9. The molecule has 0 heterocycles. The average Bonchev–Trinajstić information content (AvgIpc) is 2.65. The van der Waals surface area contributed by atoms with Crippen molar-refractivity contribution in [3.63, 3.8) is 0 Å². The number of anilines is 1. The second-order valence-corrected chi connectivity index (χ2v) is 7.63. The SMILES string of the molecule is CCOc1ccccc1N(CCNC(=O)c1ccc(OC)cc1)S(C)(=O)=O. The molecule has 0 spiro atoms. The number of hydrogen-bond donors (Lipinski definition) is 1. The summed E-state index contributed by atoms with van der Waals surface area (Å²) in [4.78, 5) is 12.2. The number of methoxy groups -OCH3 is 1. The predicted octanol–water partition coefficient (Wildman–Crippen LogP) is 2.29. The van der Waals surface area contributed by atoms with Gasteiger partial charge in [0.2, 0.25) is 10.0 Å². The lowest BCUT2D eigenvalue weighted by Gasteiger charge is -2.24. The molecule has 2 rings (SSSR count). The highest BCUT2D eigenvalue weighted by Gasteiger charge is 2.21. The van der Waals surface area contributed by atoms with E-state index in [1.165, 1.54) is 4.31 Å². The van der Waals surface area contributed by atoms with Crippen LogP contribution in [0.3, 0.4) is 0 Å². The molecule has 2 aromatic carbocycles. The van der Waals surface area contributed by atoms with E-state index in [0.29, 0.717) is 29.4 Å². The first-order valence-electron chi connectivity index (χ1n) is 8.48. The summed E-state index contributed by atoms with van der Waals surface area (Å²) in [6.45, 7) is 2.49. The third kappa shape index (κ3) is 5.62. The Bertz CT molecular complexity index is 866. The minimum absolute atomic E-state index is 0.0881. The van der Waals surface area contributed by atoms with E-state index in [9.17, 15) is 13.2 Å². The summed E-state index contributed by atoms with van der Waals surface area (Å²) in [5.41, 5.74) is 0.914. The molecule has 1 amide bonds. The van der Waals surface area contributed by atoms with Crippen LogP contribution in [-0.4, -0.2) is 47.4 Å². The quantitative estimate of drug-likeness (QED) is 0.708. The summed E-state index contributed by atoms with van der Waals surface area (Å²) in [6, 6.07) is 13.6. The minimum Gasteiger partial charge on any atom is -0.497 e. The lowest BCUT2D eigenvalue weighted by molar-refractivity contribution is 0.0955. The van der Waals surface area contributed by atoms with Gasteiger partial charge in [-0.1, -0.05) is 12.1 Å². The number of carbonyl (C=O) groups is 1. The van der Waals surface area contributed by atoms with Gasteiger partial charge >= 0.3 is 0 Å².